The zero-order valence-electron chi connectivity index (χ0n) is 10.6. The molecule has 18 heavy (non-hydrogen) atoms. The van der Waals surface area contributed by atoms with Gasteiger partial charge in [0, 0.05) is 29.4 Å². The van der Waals surface area contributed by atoms with Crippen molar-refractivity contribution in [1.29, 1.82) is 0 Å². The zero-order chi connectivity index (χ0) is 14.0. The summed E-state index contributed by atoms with van der Waals surface area (Å²) in [6.45, 7) is 0.389. The predicted octanol–water partition coefficient (Wildman–Crippen LogP) is 0.261. The molecule has 0 aromatic rings. The molecule has 0 bridgehead atoms. The van der Waals surface area contributed by atoms with Crippen LogP contribution in [0.15, 0.2) is 0 Å². The molecule has 8 heteroatoms. The normalized spacial score (nSPS) is 13.7. The lowest BCUT2D eigenvalue weighted by atomic mass is 10.2. The molecule has 0 heterocycles. The number of aliphatic carboxylic acids is 1. The highest BCUT2D eigenvalue weighted by Gasteiger charge is 2.18. The first-order chi connectivity index (χ1) is 8.47. The van der Waals surface area contributed by atoms with Gasteiger partial charge in [0.25, 0.3) is 0 Å². The second-order valence-corrected chi connectivity index (χ2v) is 6.24. The number of thioether (sulfide) groups is 1. The van der Waals surface area contributed by atoms with Crippen molar-refractivity contribution in [3.63, 3.8) is 0 Å². The maximum atomic E-state index is 11.4. The van der Waals surface area contributed by atoms with Gasteiger partial charge in [-0.2, -0.15) is 11.8 Å². The lowest BCUT2D eigenvalue weighted by Gasteiger charge is -2.14. The fourth-order valence-electron chi connectivity index (χ4n) is 1.18. The molecule has 2 amide bonds. The first-order valence-electron chi connectivity index (χ1n) is 5.53. The van der Waals surface area contributed by atoms with Gasteiger partial charge >= 0.3 is 12.0 Å². The van der Waals surface area contributed by atoms with Crippen LogP contribution >= 0.6 is 11.8 Å². The van der Waals surface area contributed by atoms with Crippen molar-refractivity contribution in [3.8, 4) is 0 Å². The van der Waals surface area contributed by atoms with Crippen LogP contribution in [0.5, 0.6) is 0 Å². The Hall–Kier alpha value is -0.760. The van der Waals surface area contributed by atoms with E-state index in [1.54, 1.807) is 6.26 Å². The van der Waals surface area contributed by atoms with Crippen LogP contribution in [0, 0.1) is 0 Å². The van der Waals surface area contributed by atoms with E-state index in [-0.39, 0.29) is 0 Å². The van der Waals surface area contributed by atoms with Crippen molar-refractivity contribution in [2.75, 3.05) is 30.6 Å². The molecule has 106 valence electrons. The minimum absolute atomic E-state index is 0.389. The fraction of sp³-hybridized carbons (Fsp3) is 0.800. The summed E-state index contributed by atoms with van der Waals surface area (Å²) in [6, 6.07) is -1.36. The van der Waals surface area contributed by atoms with Gasteiger partial charge in [-0.15, -0.1) is 0 Å². The third-order valence-electron chi connectivity index (χ3n) is 2.11. The Kier molecular flexibility index (Phi) is 9.76. The minimum Gasteiger partial charge on any atom is -0.480 e. The molecule has 0 radical (unpaired) electrons. The SMILES string of the molecule is CSCC[C@@H](NC(=O)NCCCS(C)=O)C(=O)O. The van der Waals surface area contributed by atoms with Crippen LogP contribution in [0.2, 0.25) is 0 Å². The number of urea groups is 1. The van der Waals surface area contributed by atoms with Gasteiger partial charge in [-0.05, 0) is 24.9 Å². The summed E-state index contributed by atoms with van der Waals surface area (Å²) in [4.78, 5) is 22.3. The minimum atomic E-state index is -1.03. The molecule has 2 atom stereocenters. The number of hydrogen-bond donors (Lipinski definition) is 3. The molecule has 0 spiro atoms. The lowest BCUT2D eigenvalue weighted by Crippen LogP contribution is -2.46. The Balaban J connectivity index is 3.87. The van der Waals surface area contributed by atoms with Crippen molar-refractivity contribution >= 4 is 34.6 Å². The van der Waals surface area contributed by atoms with Crippen molar-refractivity contribution in [2.24, 2.45) is 0 Å². The molecule has 0 aromatic carbocycles. The molecular weight excluding hydrogens is 276 g/mol. The number of nitrogens with one attached hydrogen (secondary N) is 2. The monoisotopic (exact) mass is 296 g/mol. The van der Waals surface area contributed by atoms with Crippen LogP contribution in [0.25, 0.3) is 0 Å². The van der Waals surface area contributed by atoms with Crippen molar-refractivity contribution in [2.45, 2.75) is 18.9 Å². The first kappa shape index (κ1) is 17.2. The van der Waals surface area contributed by atoms with Gasteiger partial charge in [0.15, 0.2) is 0 Å². The molecule has 0 aliphatic rings. The number of carbonyl (C=O) groups is 2. The molecule has 0 aromatic heterocycles. The molecule has 0 saturated carbocycles. The Morgan fingerprint density at radius 3 is 2.61 bits per heavy atom. The van der Waals surface area contributed by atoms with E-state index in [4.69, 9.17) is 5.11 Å². The second kappa shape index (κ2) is 10.2. The average molecular weight is 296 g/mol. The quantitative estimate of drug-likeness (QED) is 0.531. The summed E-state index contributed by atoms with van der Waals surface area (Å²) in [5.74, 6) is 0.162. The molecule has 6 nitrogen and oxygen atoms in total. The number of carbonyl (C=O) groups excluding carboxylic acids is 1. The highest BCUT2D eigenvalue weighted by atomic mass is 32.2. The molecule has 0 aliphatic carbocycles. The first-order valence-corrected chi connectivity index (χ1v) is 8.65. The number of hydrogen-bond acceptors (Lipinski definition) is 4. The number of amides is 2. The zero-order valence-corrected chi connectivity index (χ0v) is 12.2. The van der Waals surface area contributed by atoms with E-state index in [1.165, 1.54) is 11.8 Å². The van der Waals surface area contributed by atoms with E-state index in [9.17, 15) is 13.8 Å². The van der Waals surface area contributed by atoms with Crippen LogP contribution in [0.1, 0.15) is 12.8 Å². The van der Waals surface area contributed by atoms with Gasteiger partial charge in [0.05, 0.1) is 0 Å². The Bertz CT molecular complexity index is 300. The molecule has 0 fully saturated rings. The largest absolute Gasteiger partial charge is 0.480 e. The number of carboxylic acids is 1. The summed E-state index contributed by atoms with van der Waals surface area (Å²) in [5, 5.41) is 13.8. The third kappa shape index (κ3) is 9.29. The Labute approximate surface area is 114 Å². The standard InChI is InChI=1S/C10H20N2O4S2/c1-17-6-4-8(9(13)14)12-10(15)11-5-3-7-18(2)16/h8H,3-7H2,1-2H3,(H,13,14)(H2,11,12,15)/t8-,18?/m1/s1. The second-order valence-electron chi connectivity index (χ2n) is 3.70. The maximum absolute atomic E-state index is 11.4. The predicted molar refractivity (Wildman–Crippen MR) is 74.5 cm³/mol. The average Bonchev–Trinajstić information content (AvgIpc) is 2.29. The Morgan fingerprint density at radius 2 is 2.11 bits per heavy atom. The van der Waals surface area contributed by atoms with Crippen molar-refractivity contribution in [1.82, 2.24) is 10.6 Å². The summed E-state index contributed by atoms with van der Waals surface area (Å²) in [7, 11) is -0.871. The lowest BCUT2D eigenvalue weighted by molar-refractivity contribution is -0.139. The molecule has 1 unspecified atom stereocenters. The smallest absolute Gasteiger partial charge is 0.326 e. The van der Waals surface area contributed by atoms with Gasteiger partial charge in [-0.3, -0.25) is 4.21 Å². The van der Waals surface area contributed by atoms with Crippen LogP contribution < -0.4 is 10.6 Å². The van der Waals surface area contributed by atoms with E-state index < -0.39 is 28.8 Å². The maximum Gasteiger partial charge on any atom is 0.326 e. The van der Waals surface area contributed by atoms with E-state index in [0.717, 1.165) is 0 Å². The molecule has 0 rings (SSSR count). The summed E-state index contributed by atoms with van der Waals surface area (Å²) < 4.78 is 10.8. The van der Waals surface area contributed by atoms with E-state index >= 15 is 0 Å². The summed E-state index contributed by atoms with van der Waals surface area (Å²) in [5.41, 5.74) is 0. The van der Waals surface area contributed by atoms with Crippen molar-refractivity contribution < 1.29 is 18.9 Å². The van der Waals surface area contributed by atoms with Gasteiger partial charge < -0.3 is 15.7 Å². The molecule has 3 N–H and O–H groups in total. The number of rotatable bonds is 9. The van der Waals surface area contributed by atoms with Crippen LogP contribution in [0.3, 0.4) is 0 Å². The van der Waals surface area contributed by atoms with Gasteiger partial charge in [-0.25, -0.2) is 9.59 Å². The van der Waals surface area contributed by atoms with Crippen molar-refractivity contribution in [3.05, 3.63) is 0 Å². The molecule has 0 saturated heterocycles. The fourth-order valence-corrected chi connectivity index (χ4v) is 2.20. The van der Waals surface area contributed by atoms with Crippen LogP contribution in [-0.4, -0.2) is 57.9 Å². The molecular formula is C10H20N2O4S2. The molecule has 0 aliphatic heterocycles. The van der Waals surface area contributed by atoms with Crippen LogP contribution in [-0.2, 0) is 15.6 Å². The van der Waals surface area contributed by atoms with Crippen LogP contribution in [0.4, 0.5) is 4.79 Å². The summed E-state index contributed by atoms with van der Waals surface area (Å²) >= 11 is 1.53. The summed E-state index contributed by atoms with van der Waals surface area (Å²) in [6.07, 6.45) is 4.48. The van der Waals surface area contributed by atoms with Gasteiger partial charge in [0.2, 0.25) is 0 Å². The van der Waals surface area contributed by atoms with E-state index in [0.29, 0.717) is 30.9 Å². The van der Waals surface area contributed by atoms with Gasteiger partial charge in [-0.1, -0.05) is 0 Å². The third-order valence-corrected chi connectivity index (χ3v) is 3.62. The van der Waals surface area contributed by atoms with E-state index in [1.807, 2.05) is 6.26 Å². The highest BCUT2D eigenvalue weighted by molar-refractivity contribution is 7.98. The Morgan fingerprint density at radius 1 is 1.44 bits per heavy atom. The highest BCUT2D eigenvalue weighted by Crippen LogP contribution is 2.00. The topological polar surface area (TPSA) is 95.5 Å². The van der Waals surface area contributed by atoms with Gasteiger partial charge in [0.1, 0.15) is 6.04 Å². The van der Waals surface area contributed by atoms with E-state index in [2.05, 4.69) is 10.6 Å². The number of carboxylic acid groups (broad SMARTS) is 1.